The van der Waals surface area contributed by atoms with Crippen LogP contribution in [0.3, 0.4) is 0 Å². The molecular formula is C12H13N3O2. The number of carbonyl (C=O) groups is 1. The highest BCUT2D eigenvalue weighted by Crippen LogP contribution is 2.00. The molecule has 0 saturated heterocycles. The monoisotopic (exact) mass is 231 g/mol. The number of aromatic hydroxyl groups is 1. The fourth-order valence-electron chi connectivity index (χ4n) is 0.971. The van der Waals surface area contributed by atoms with E-state index in [1.165, 1.54) is 13.1 Å². The van der Waals surface area contributed by atoms with Gasteiger partial charge in [0.1, 0.15) is 11.6 Å². The minimum absolute atomic E-state index is 0.0984. The summed E-state index contributed by atoms with van der Waals surface area (Å²) in [6.45, 7) is 1.45. The van der Waals surface area contributed by atoms with Crippen LogP contribution in [0.25, 0.3) is 0 Å². The van der Waals surface area contributed by atoms with Crippen LogP contribution in [0.2, 0.25) is 0 Å². The molecule has 0 spiro atoms. The fraction of sp³-hybridized carbons (Fsp3) is 0.0833. The largest absolute Gasteiger partial charge is 0.506 e. The lowest BCUT2D eigenvalue weighted by atomic mass is 10.4. The lowest BCUT2D eigenvalue weighted by molar-refractivity contribution is -0.114. The molecule has 0 aliphatic heterocycles. The summed E-state index contributed by atoms with van der Waals surface area (Å²) in [6, 6.07) is 8.60. The van der Waals surface area contributed by atoms with Gasteiger partial charge in [-0.25, -0.2) is 4.98 Å². The Morgan fingerprint density at radius 1 is 1.24 bits per heavy atom. The molecule has 5 heteroatoms. The zero-order valence-electron chi connectivity index (χ0n) is 9.37. The van der Waals surface area contributed by atoms with Crippen molar-refractivity contribution in [2.24, 2.45) is 0 Å². The Kier molecular flexibility index (Phi) is 5.16. The van der Waals surface area contributed by atoms with Gasteiger partial charge in [0.2, 0.25) is 5.91 Å². The minimum Gasteiger partial charge on any atom is -0.506 e. The molecule has 88 valence electrons. The van der Waals surface area contributed by atoms with Gasteiger partial charge in [-0.15, -0.1) is 0 Å². The molecule has 0 saturated carbocycles. The molecule has 0 atom stereocenters. The first-order valence-corrected chi connectivity index (χ1v) is 4.96. The Hall–Kier alpha value is -2.43. The zero-order chi connectivity index (χ0) is 12.5. The van der Waals surface area contributed by atoms with Crippen LogP contribution >= 0.6 is 0 Å². The number of nitrogens with zero attached hydrogens (tertiary/aromatic N) is 2. The normalized spacial score (nSPS) is 8.76. The van der Waals surface area contributed by atoms with E-state index in [-0.39, 0.29) is 11.7 Å². The van der Waals surface area contributed by atoms with Gasteiger partial charge < -0.3 is 10.4 Å². The van der Waals surface area contributed by atoms with Gasteiger partial charge >= 0.3 is 0 Å². The molecule has 17 heavy (non-hydrogen) atoms. The molecule has 2 heterocycles. The van der Waals surface area contributed by atoms with E-state index in [4.69, 9.17) is 5.11 Å². The van der Waals surface area contributed by atoms with Crippen molar-refractivity contribution in [3.8, 4) is 5.75 Å². The van der Waals surface area contributed by atoms with Crippen molar-refractivity contribution in [2.75, 3.05) is 5.32 Å². The number of hydrogen-bond acceptors (Lipinski definition) is 4. The number of amides is 1. The Balaban J connectivity index is 0.000000181. The van der Waals surface area contributed by atoms with Crippen LogP contribution in [-0.2, 0) is 4.79 Å². The van der Waals surface area contributed by atoms with E-state index in [1.807, 2.05) is 6.07 Å². The van der Waals surface area contributed by atoms with Crippen molar-refractivity contribution in [3.63, 3.8) is 0 Å². The number of hydrogen-bond donors (Lipinski definition) is 2. The third-order valence-corrected chi connectivity index (χ3v) is 1.61. The summed E-state index contributed by atoms with van der Waals surface area (Å²) in [6.07, 6.45) is 4.63. The Morgan fingerprint density at radius 3 is 2.47 bits per heavy atom. The standard InChI is InChI=1S/C7H8N2O.C5H5NO/c1-6(10)9-7-4-2-3-5-8-7;7-5-2-1-3-6-4-5/h2-5H,1H3,(H,8,9,10);1-4,7H. The second-order valence-electron chi connectivity index (χ2n) is 3.11. The van der Waals surface area contributed by atoms with E-state index in [9.17, 15) is 4.79 Å². The van der Waals surface area contributed by atoms with Crippen LogP contribution in [0, 0.1) is 0 Å². The van der Waals surface area contributed by atoms with Crippen LogP contribution in [0.1, 0.15) is 6.92 Å². The second-order valence-corrected chi connectivity index (χ2v) is 3.11. The van der Waals surface area contributed by atoms with Crippen molar-refractivity contribution in [1.82, 2.24) is 9.97 Å². The SMILES string of the molecule is CC(=O)Nc1ccccn1.Oc1cccnc1. The van der Waals surface area contributed by atoms with Crippen molar-refractivity contribution < 1.29 is 9.90 Å². The predicted molar refractivity (Wildman–Crippen MR) is 64.4 cm³/mol. The van der Waals surface area contributed by atoms with E-state index in [0.717, 1.165) is 0 Å². The lowest BCUT2D eigenvalue weighted by Crippen LogP contribution is -2.06. The van der Waals surface area contributed by atoms with Crippen LogP contribution in [-0.4, -0.2) is 21.0 Å². The first-order chi connectivity index (χ1) is 8.18. The first-order valence-electron chi connectivity index (χ1n) is 4.96. The molecule has 2 aromatic rings. The van der Waals surface area contributed by atoms with Crippen molar-refractivity contribution in [3.05, 3.63) is 48.9 Å². The predicted octanol–water partition coefficient (Wildman–Crippen LogP) is 1.83. The van der Waals surface area contributed by atoms with Gasteiger partial charge in [0.05, 0.1) is 6.20 Å². The maximum atomic E-state index is 10.5. The van der Waals surface area contributed by atoms with Crippen LogP contribution in [0.5, 0.6) is 5.75 Å². The molecule has 2 aromatic heterocycles. The smallest absolute Gasteiger partial charge is 0.222 e. The molecule has 0 radical (unpaired) electrons. The summed E-state index contributed by atoms with van der Waals surface area (Å²) < 4.78 is 0. The quantitative estimate of drug-likeness (QED) is 0.785. The van der Waals surface area contributed by atoms with Gasteiger partial charge in [0, 0.05) is 19.3 Å². The topological polar surface area (TPSA) is 75.1 Å². The van der Waals surface area contributed by atoms with Crippen molar-refractivity contribution in [1.29, 1.82) is 0 Å². The Labute approximate surface area is 99.2 Å². The van der Waals surface area contributed by atoms with Gasteiger partial charge in [-0.05, 0) is 24.3 Å². The van der Waals surface area contributed by atoms with Gasteiger partial charge in [-0.1, -0.05) is 6.07 Å². The molecule has 5 nitrogen and oxygen atoms in total. The van der Waals surface area contributed by atoms with Crippen molar-refractivity contribution >= 4 is 11.7 Å². The van der Waals surface area contributed by atoms with Crippen LogP contribution in [0.4, 0.5) is 5.82 Å². The number of anilines is 1. The maximum absolute atomic E-state index is 10.5. The number of pyridine rings is 2. The fourth-order valence-corrected chi connectivity index (χ4v) is 0.971. The molecule has 2 rings (SSSR count). The van der Waals surface area contributed by atoms with Gasteiger partial charge in [-0.2, -0.15) is 0 Å². The summed E-state index contributed by atoms with van der Waals surface area (Å²) in [5.41, 5.74) is 0. The van der Waals surface area contributed by atoms with E-state index in [2.05, 4.69) is 15.3 Å². The van der Waals surface area contributed by atoms with E-state index < -0.39 is 0 Å². The van der Waals surface area contributed by atoms with Gasteiger partial charge in [-0.3, -0.25) is 9.78 Å². The van der Waals surface area contributed by atoms with Gasteiger partial charge in [0.15, 0.2) is 0 Å². The first kappa shape index (κ1) is 12.6. The summed E-state index contributed by atoms with van der Waals surface area (Å²) in [5.74, 6) is 0.705. The molecule has 0 unspecified atom stereocenters. The summed E-state index contributed by atoms with van der Waals surface area (Å²) >= 11 is 0. The second kappa shape index (κ2) is 6.95. The van der Waals surface area contributed by atoms with Crippen molar-refractivity contribution in [2.45, 2.75) is 6.92 Å². The molecule has 0 aromatic carbocycles. The molecule has 2 N–H and O–H groups in total. The van der Waals surface area contributed by atoms with Crippen LogP contribution in [0.15, 0.2) is 48.9 Å². The lowest BCUT2D eigenvalue weighted by Gasteiger charge is -1.96. The number of rotatable bonds is 1. The van der Waals surface area contributed by atoms with Gasteiger partial charge in [0.25, 0.3) is 0 Å². The van der Waals surface area contributed by atoms with Crippen LogP contribution < -0.4 is 5.32 Å². The average Bonchev–Trinajstić information content (AvgIpc) is 2.31. The summed E-state index contributed by atoms with van der Waals surface area (Å²) in [5, 5.41) is 11.1. The third kappa shape index (κ3) is 5.88. The van der Waals surface area contributed by atoms with E-state index in [1.54, 1.807) is 36.7 Å². The highest BCUT2D eigenvalue weighted by atomic mass is 16.3. The summed E-state index contributed by atoms with van der Waals surface area (Å²) in [4.78, 5) is 18.0. The highest BCUT2D eigenvalue weighted by molar-refractivity contribution is 5.87. The molecule has 0 bridgehead atoms. The maximum Gasteiger partial charge on any atom is 0.222 e. The Bertz CT molecular complexity index is 446. The third-order valence-electron chi connectivity index (χ3n) is 1.61. The molecular weight excluding hydrogens is 218 g/mol. The highest BCUT2D eigenvalue weighted by Gasteiger charge is 1.91. The van der Waals surface area contributed by atoms with E-state index in [0.29, 0.717) is 5.82 Å². The van der Waals surface area contributed by atoms with E-state index >= 15 is 0 Å². The Morgan fingerprint density at radius 2 is 2.06 bits per heavy atom. The molecule has 1 amide bonds. The minimum atomic E-state index is -0.0984. The average molecular weight is 231 g/mol. The number of aromatic nitrogens is 2. The summed E-state index contributed by atoms with van der Waals surface area (Å²) in [7, 11) is 0. The molecule has 0 aliphatic carbocycles. The molecule has 0 fully saturated rings. The number of carbonyl (C=O) groups excluding carboxylic acids is 1. The zero-order valence-corrected chi connectivity index (χ0v) is 9.37. The number of nitrogens with one attached hydrogen (secondary N) is 1. The molecule has 0 aliphatic rings.